The molecule has 0 fully saturated rings. The van der Waals surface area contributed by atoms with E-state index in [4.69, 9.17) is 0 Å². The molecule has 0 atom stereocenters. The summed E-state index contributed by atoms with van der Waals surface area (Å²) in [4.78, 5) is 0. The van der Waals surface area contributed by atoms with Crippen LogP contribution in [0.4, 0.5) is 0 Å². The minimum Gasteiger partial charge on any atom is -0.240 e. The lowest BCUT2D eigenvalue weighted by Crippen LogP contribution is -1.91. The van der Waals surface area contributed by atoms with E-state index in [2.05, 4.69) is 43.7 Å². The Labute approximate surface area is 102 Å². The predicted molar refractivity (Wildman–Crippen MR) is 74.0 cm³/mol. The monoisotopic (exact) mass is 226 g/mol. The number of aromatic nitrogens is 2. The molecule has 0 saturated heterocycles. The van der Waals surface area contributed by atoms with Crippen molar-refractivity contribution in [3.63, 3.8) is 0 Å². The fraction of sp³-hybridized carbons (Fsp3) is 0.267. The van der Waals surface area contributed by atoms with Crippen LogP contribution in [0.3, 0.4) is 0 Å². The minimum atomic E-state index is 0.535. The molecule has 2 aromatic rings. The Morgan fingerprint density at radius 3 is 2.82 bits per heavy atom. The SMILES string of the molecule is C=C(C)/C=C/n1ncc2ccc(C(C)C)cc21. The largest absolute Gasteiger partial charge is 0.240 e. The highest BCUT2D eigenvalue weighted by molar-refractivity contribution is 5.81. The Hall–Kier alpha value is -1.83. The highest BCUT2D eigenvalue weighted by Crippen LogP contribution is 2.21. The number of hydrogen-bond acceptors (Lipinski definition) is 1. The van der Waals surface area contributed by atoms with Crippen LogP contribution in [0, 0.1) is 0 Å². The van der Waals surface area contributed by atoms with Gasteiger partial charge in [0.2, 0.25) is 0 Å². The van der Waals surface area contributed by atoms with E-state index in [1.54, 1.807) is 0 Å². The fourth-order valence-electron chi connectivity index (χ4n) is 1.73. The number of fused-ring (bicyclic) bond motifs is 1. The number of nitrogens with zero attached hydrogens (tertiary/aromatic N) is 2. The number of allylic oxidation sites excluding steroid dienone is 2. The zero-order valence-electron chi connectivity index (χ0n) is 10.6. The van der Waals surface area contributed by atoms with Crippen molar-refractivity contribution in [2.45, 2.75) is 26.7 Å². The van der Waals surface area contributed by atoms with Crippen molar-refractivity contribution in [2.75, 3.05) is 0 Å². The molecule has 0 bridgehead atoms. The Bertz CT molecular complexity index is 574. The van der Waals surface area contributed by atoms with Crippen molar-refractivity contribution in [3.8, 4) is 0 Å². The summed E-state index contributed by atoms with van der Waals surface area (Å²) in [5, 5.41) is 5.52. The smallest absolute Gasteiger partial charge is 0.0736 e. The van der Waals surface area contributed by atoms with E-state index >= 15 is 0 Å². The van der Waals surface area contributed by atoms with Crippen LogP contribution in [0.25, 0.3) is 17.1 Å². The van der Waals surface area contributed by atoms with E-state index in [1.807, 2.05) is 30.1 Å². The molecule has 17 heavy (non-hydrogen) atoms. The van der Waals surface area contributed by atoms with Crippen molar-refractivity contribution in [1.29, 1.82) is 0 Å². The van der Waals surface area contributed by atoms with Gasteiger partial charge in [0.05, 0.1) is 11.7 Å². The third kappa shape index (κ3) is 2.47. The van der Waals surface area contributed by atoms with Crippen LogP contribution < -0.4 is 0 Å². The summed E-state index contributed by atoms with van der Waals surface area (Å²) < 4.78 is 1.90. The van der Waals surface area contributed by atoms with Crippen LogP contribution >= 0.6 is 0 Å². The maximum atomic E-state index is 4.36. The molecule has 2 rings (SSSR count). The summed E-state index contributed by atoms with van der Waals surface area (Å²) in [5.74, 6) is 0.535. The quantitative estimate of drug-likeness (QED) is 0.717. The summed E-state index contributed by atoms with van der Waals surface area (Å²) in [6.07, 6.45) is 5.81. The van der Waals surface area contributed by atoms with Gasteiger partial charge in [-0.15, -0.1) is 0 Å². The molecule has 1 heterocycles. The molecule has 0 N–H and O–H groups in total. The van der Waals surface area contributed by atoms with Gasteiger partial charge in [0, 0.05) is 11.6 Å². The van der Waals surface area contributed by atoms with Gasteiger partial charge in [-0.1, -0.05) is 38.1 Å². The van der Waals surface area contributed by atoms with Crippen LogP contribution in [0.1, 0.15) is 32.3 Å². The van der Waals surface area contributed by atoms with Crippen LogP contribution in [-0.2, 0) is 0 Å². The van der Waals surface area contributed by atoms with Crippen molar-refractivity contribution in [3.05, 3.63) is 48.2 Å². The number of hydrogen-bond donors (Lipinski definition) is 0. The Morgan fingerprint density at radius 2 is 2.18 bits per heavy atom. The van der Waals surface area contributed by atoms with E-state index in [9.17, 15) is 0 Å². The average Bonchev–Trinajstić information content (AvgIpc) is 2.68. The van der Waals surface area contributed by atoms with Crippen LogP contribution in [0.15, 0.2) is 42.6 Å². The Balaban J connectivity index is 2.50. The first-order valence-electron chi connectivity index (χ1n) is 5.89. The van der Waals surface area contributed by atoms with E-state index in [-0.39, 0.29) is 0 Å². The molecule has 0 saturated carbocycles. The lowest BCUT2D eigenvalue weighted by molar-refractivity contribution is 0.866. The second kappa shape index (κ2) is 4.58. The molecular formula is C15H18N2. The van der Waals surface area contributed by atoms with E-state index in [0.29, 0.717) is 5.92 Å². The van der Waals surface area contributed by atoms with Gasteiger partial charge in [-0.3, -0.25) is 0 Å². The van der Waals surface area contributed by atoms with Gasteiger partial charge in [-0.25, -0.2) is 4.68 Å². The maximum Gasteiger partial charge on any atom is 0.0736 e. The molecule has 2 heteroatoms. The second-order valence-electron chi connectivity index (χ2n) is 4.72. The average molecular weight is 226 g/mol. The molecule has 0 amide bonds. The second-order valence-corrected chi connectivity index (χ2v) is 4.72. The third-order valence-electron chi connectivity index (χ3n) is 2.79. The van der Waals surface area contributed by atoms with Crippen molar-refractivity contribution in [2.24, 2.45) is 0 Å². The van der Waals surface area contributed by atoms with Crippen molar-refractivity contribution in [1.82, 2.24) is 9.78 Å². The van der Waals surface area contributed by atoms with Gasteiger partial charge >= 0.3 is 0 Å². The zero-order valence-corrected chi connectivity index (χ0v) is 10.6. The summed E-state index contributed by atoms with van der Waals surface area (Å²) >= 11 is 0. The van der Waals surface area contributed by atoms with Crippen LogP contribution in [0.5, 0.6) is 0 Å². The summed E-state index contributed by atoms with van der Waals surface area (Å²) in [6, 6.07) is 6.50. The van der Waals surface area contributed by atoms with Gasteiger partial charge in [0.1, 0.15) is 0 Å². The first-order chi connectivity index (χ1) is 8.08. The van der Waals surface area contributed by atoms with Gasteiger partial charge < -0.3 is 0 Å². The first-order valence-corrected chi connectivity index (χ1v) is 5.89. The Kier molecular flexibility index (Phi) is 3.14. The lowest BCUT2D eigenvalue weighted by Gasteiger charge is -2.05. The zero-order chi connectivity index (χ0) is 12.4. The highest BCUT2D eigenvalue weighted by atomic mass is 15.3. The standard InChI is InChI=1S/C15H18N2/c1-11(2)7-8-17-15-9-13(12(3)4)5-6-14(15)10-16-17/h5-10,12H,1H2,2-4H3/b8-7+. The van der Waals surface area contributed by atoms with E-state index < -0.39 is 0 Å². The molecule has 0 aliphatic heterocycles. The molecule has 0 aliphatic carbocycles. The molecule has 0 aliphatic rings. The van der Waals surface area contributed by atoms with Crippen LogP contribution in [-0.4, -0.2) is 9.78 Å². The van der Waals surface area contributed by atoms with Gasteiger partial charge in [-0.2, -0.15) is 5.10 Å². The van der Waals surface area contributed by atoms with E-state index in [1.165, 1.54) is 10.9 Å². The molecule has 0 unspecified atom stereocenters. The molecule has 0 spiro atoms. The summed E-state index contributed by atoms with van der Waals surface area (Å²) in [5.41, 5.74) is 3.50. The number of rotatable bonds is 3. The molecule has 1 aromatic heterocycles. The van der Waals surface area contributed by atoms with Crippen LogP contribution in [0.2, 0.25) is 0 Å². The summed E-state index contributed by atoms with van der Waals surface area (Å²) in [6.45, 7) is 10.2. The van der Waals surface area contributed by atoms with Crippen molar-refractivity contribution >= 4 is 17.1 Å². The first kappa shape index (κ1) is 11.6. The van der Waals surface area contributed by atoms with Gasteiger partial charge in [0.25, 0.3) is 0 Å². The highest BCUT2D eigenvalue weighted by Gasteiger charge is 2.04. The maximum absolute atomic E-state index is 4.36. The minimum absolute atomic E-state index is 0.535. The predicted octanol–water partition coefficient (Wildman–Crippen LogP) is 4.21. The van der Waals surface area contributed by atoms with Gasteiger partial charge in [-0.05, 0) is 30.5 Å². The third-order valence-corrected chi connectivity index (χ3v) is 2.79. The fourth-order valence-corrected chi connectivity index (χ4v) is 1.73. The number of benzene rings is 1. The molecule has 88 valence electrons. The molecule has 1 aromatic carbocycles. The topological polar surface area (TPSA) is 17.8 Å². The normalized spacial score (nSPS) is 11.8. The molecule has 0 radical (unpaired) electrons. The lowest BCUT2D eigenvalue weighted by atomic mass is 10.0. The molecular weight excluding hydrogens is 208 g/mol. The Morgan fingerprint density at radius 1 is 1.41 bits per heavy atom. The van der Waals surface area contributed by atoms with Crippen molar-refractivity contribution < 1.29 is 0 Å². The summed E-state index contributed by atoms with van der Waals surface area (Å²) in [7, 11) is 0. The molecule has 2 nitrogen and oxygen atoms in total. The van der Waals surface area contributed by atoms with E-state index in [0.717, 1.165) is 11.1 Å². The van der Waals surface area contributed by atoms with Gasteiger partial charge in [0.15, 0.2) is 0 Å².